The van der Waals surface area contributed by atoms with Crippen LogP contribution in [0.1, 0.15) is 12.0 Å². The van der Waals surface area contributed by atoms with Gasteiger partial charge >= 0.3 is 0 Å². The molecule has 20 heavy (non-hydrogen) atoms. The van der Waals surface area contributed by atoms with Gasteiger partial charge in [-0.1, -0.05) is 5.16 Å². The van der Waals surface area contributed by atoms with Crippen molar-refractivity contribution in [1.29, 1.82) is 0 Å². The van der Waals surface area contributed by atoms with Gasteiger partial charge in [-0.2, -0.15) is 11.8 Å². The fourth-order valence-electron chi connectivity index (χ4n) is 1.45. The van der Waals surface area contributed by atoms with Crippen molar-refractivity contribution in [2.24, 2.45) is 10.9 Å². The summed E-state index contributed by atoms with van der Waals surface area (Å²) in [5.41, 5.74) is 5.87. The van der Waals surface area contributed by atoms with Crippen LogP contribution in [0.25, 0.3) is 0 Å². The van der Waals surface area contributed by atoms with Gasteiger partial charge in [0, 0.05) is 17.9 Å². The van der Waals surface area contributed by atoms with Gasteiger partial charge in [-0.3, -0.25) is 0 Å². The Morgan fingerprint density at radius 3 is 2.45 bits per heavy atom. The average molecular weight is 318 g/mol. The molecular weight excluding hydrogens is 300 g/mol. The summed E-state index contributed by atoms with van der Waals surface area (Å²) in [6, 6.07) is 5.89. The summed E-state index contributed by atoms with van der Waals surface area (Å²) < 4.78 is 24.1. The topological polar surface area (TPSA) is 113 Å². The van der Waals surface area contributed by atoms with Gasteiger partial charge in [-0.15, -0.1) is 0 Å². The lowest BCUT2D eigenvalue weighted by atomic mass is 10.2. The fourth-order valence-corrected chi connectivity index (χ4v) is 4.12. The van der Waals surface area contributed by atoms with E-state index >= 15 is 0 Å². The van der Waals surface area contributed by atoms with Gasteiger partial charge in [-0.25, -0.2) is 8.42 Å². The van der Waals surface area contributed by atoms with E-state index in [1.807, 2.05) is 0 Å². The molecule has 0 aliphatic rings. The Labute approximate surface area is 122 Å². The van der Waals surface area contributed by atoms with Crippen molar-refractivity contribution in [3.8, 4) is 0 Å². The molecule has 0 saturated heterocycles. The van der Waals surface area contributed by atoms with Crippen molar-refractivity contribution >= 4 is 27.4 Å². The Morgan fingerprint density at radius 1 is 1.25 bits per heavy atom. The number of sulfone groups is 1. The monoisotopic (exact) mass is 318 g/mol. The van der Waals surface area contributed by atoms with Crippen LogP contribution in [0.15, 0.2) is 34.3 Å². The Balaban J connectivity index is 2.64. The normalized spacial score (nSPS) is 12.6. The zero-order valence-corrected chi connectivity index (χ0v) is 12.5. The second kappa shape index (κ2) is 8.13. The lowest BCUT2D eigenvalue weighted by molar-refractivity contribution is 0.296. The molecule has 1 aromatic rings. The minimum atomic E-state index is -3.32. The second-order valence-electron chi connectivity index (χ2n) is 4.02. The number of thioether (sulfide) groups is 1. The Kier molecular flexibility index (Phi) is 6.83. The number of oxime groups is 1. The largest absolute Gasteiger partial charge is 0.409 e. The summed E-state index contributed by atoms with van der Waals surface area (Å²) in [6.45, 7) is 0.120. The lowest BCUT2D eigenvalue weighted by Crippen LogP contribution is -2.14. The zero-order valence-electron chi connectivity index (χ0n) is 10.9. The molecule has 1 aromatic carbocycles. The number of hydrogen-bond donors (Lipinski definition) is 3. The highest BCUT2D eigenvalue weighted by Crippen LogP contribution is 2.14. The minimum absolute atomic E-state index is 0.0476. The molecule has 0 aromatic heterocycles. The van der Waals surface area contributed by atoms with Crippen LogP contribution in [0.2, 0.25) is 0 Å². The molecule has 1 rings (SSSR count). The first-order valence-electron chi connectivity index (χ1n) is 6.00. The van der Waals surface area contributed by atoms with Crippen molar-refractivity contribution in [1.82, 2.24) is 0 Å². The van der Waals surface area contributed by atoms with Crippen molar-refractivity contribution in [3.05, 3.63) is 29.8 Å². The van der Waals surface area contributed by atoms with Crippen LogP contribution in [-0.2, 0) is 9.84 Å². The van der Waals surface area contributed by atoms with E-state index in [1.54, 1.807) is 0 Å². The molecule has 112 valence electrons. The third-order valence-electron chi connectivity index (χ3n) is 2.56. The maximum atomic E-state index is 12.0. The molecule has 0 amide bonds. The van der Waals surface area contributed by atoms with Crippen molar-refractivity contribution in [3.63, 3.8) is 0 Å². The van der Waals surface area contributed by atoms with E-state index < -0.39 is 9.84 Å². The summed E-state index contributed by atoms with van der Waals surface area (Å²) in [5.74, 6) is 1.22. The molecule has 8 heteroatoms. The molecule has 6 nitrogen and oxygen atoms in total. The number of benzene rings is 1. The number of hydrogen-bond acceptors (Lipinski definition) is 6. The number of rotatable bonds is 8. The van der Waals surface area contributed by atoms with E-state index in [2.05, 4.69) is 5.16 Å². The van der Waals surface area contributed by atoms with Gasteiger partial charge in [0.2, 0.25) is 0 Å². The van der Waals surface area contributed by atoms with Gasteiger partial charge in [0.1, 0.15) is 0 Å². The first-order chi connectivity index (χ1) is 9.51. The van der Waals surface area contributed by atoms with Gasteiger partial charge in [-0.05, 0) is 36.4 Å². The number of aliphatic hydroxyl groups is 1. The van der Waals surface area contributed by atoms with E-state index in [9.17, 15) is 8.42 Å². The van der Waals surface area contributed by atoms with Gasteiger partial charge in [0.25, 0.3) is 0 Å². The summed E-state index contributed by atoms with van der Waals surface area (Å²) in [6.07, 6.45) is 0.666. The lowest BCUT2D eigenvalue weighted by Gasteiger charge is -2.05. The number of aliphatic hydroxyl groups excluding tert-OH is 1. The van der Waals surface area contributed by atoms with E-state index in [-0.39, 0.29) is 23.1 Å². The minimum Gasteiger partial charge on any atom is -0.409 e. The molecule has 0 heterocycles. The highest BCUT2D eigenvalue weighted by Gasteiger charge is 2.14. The van der Waals surface area contributed by atoms with E-state index in [1.165, 1.54) is 36.0 Å². The predicted molar refractivity (Wildman–Crippen MR) is 80.0 cm³/mol. The third-order valence-corrected chi connectivity index (χ3v) is 5.62. The van der Waals surface area contributed by atoms with Crippen LogP contribution in [-0.4, -0.2) is 48.4 Å². The van der Waals surface area contributed by atoms with E-state index in [0.717, 1.165) is 5.75 Å². The molecule has 0 unspecified atom stereocenters. The molecular formula is C12H18N2O4S2. The van der Waals surface area contributed by atoms with Crippen LogP contribution in [0.5, 0.6) is 0 Å². The number of nitrogens with zero attached hydrogens (tertiary/aromatic N) is 1. The summed E-state index contributed by atoms with van der Waals surface area (Å²) >= 11 is 1.50. The second-order valence-corrected chi connectivity index (χ2v) is 7.35. The van der Waals surface area contributed by atoms with Crippen LogP contribution in [0.4, 0.5) is 0 Å². The van der Waals surface area contributed by atoms with Crippen molar-refractivity contribution < 1.29 is 18.7 Å². The Hall–Kier alpha value is -1.25. The molecule has 0 bridgehead atoms. The van der Waals surface area contributed by atoms with Crippen LogP contribution >= 0.6 is 11.8 Å². The van der Waals surface area contributed by atoms with Crippen LogP contribution in [0.3, 0.4) is 0 Å². The molecule has 0 spiro atoms. The quantitative estimate of drug-likeness (QED) is 0.213. The molecule has 0 saturated carbocycles. The fraction of sp³-hybridized carbons (Fsp3) is 0.417. The van der Waals surface area contributed by atoms with Gasteiger partial charge in [0.15, 0.2) is 15.7 Å². The molecule has 0 aliphatic carbocycles. The highest BCUT2D eigenvalue weighted by atomic mass is 32.2. The first kappa shape index (κ1) is 16.8. The number of nitrogens with two attached hydrogens (primary N) is 1. The highest BCUT2D eigenvalue weighted by molar-refractivity contribution is 8.00. The van der Waals surface area contributed by atoms with Crippen molar-refractivity contribution in [2.45, 2.75) is 11.3 Å². The molecule has 0 fully saturated rings. The van der Waals surface area contributed by atoms with Gasteiger partial charge in [0.05, 0.1) is 10.6 Å². The SMILES string of the molecule is N/C(=N/O)c1ccc(S(=O)(=O)CCSCCCO)cc1. The zero-order chi connectivity index (χ0) is 15.0. The van der Waals surface area contributed by atoms with Crippen molar-refractivity contribution in [2.75, 3.05) is 23.9 Å². The van der Waals surface area contributed by atoms with Crippen LogP contribution in [0, 0.1) is 0 Å². The molecule has 4 N–H and O–H groups in total. The molecule has 0 atom stereocenters. The maximum Gasteiger partial charge on any atom is 0.179 e. The standard InChI is InChI=1S/C12H18N2O4S2/c13-12(14-16)10-2-4-11(5-3-10)20(17,18)9-8-19-7-1-6-15/h2-5,15-16H,1,6-9H2,(H2,13,14). The summed E-state index contributed by atoms with van der Waals surface area (Å²) in [7, 11) is -3.32. The van der Waals surface area contributed by atoms with Crippen LogP contribution < -0.4 is 5.73 Å². The maximum absolute atomic E-state index is 12.0. The number of amidine groups is 1. The predicted octanol–water partition coefficient (Wildman–Crippen LogP) is 0.670. The third kappa shape index (κ3) is 5.03. The smallest absolute Gasteiger partial charge is 0.179 e. The van der Waals surface area contributed by atoms with E-state index in [4.69, 9.17) is 16.0 Å². The first-order valence-corrected chi connectivity index (χ1v) is 8.81. The average Bonchev–Trinajstić information content (AvgIpc) is 2.46. The van der Waals surface area contributed by atoms with Gasteiger partial charge < -0.3 is 16.0 Å². The summed E-state index contributed by atoms with van der Waals surface area (Å²) in [4.78, 5) is 0.217. The molecule has 0 radical (unpaired) electrons. The Morgan fingerprint density at radius 2 is 1.90 bits per heavy atom. The Bertz CT molecular complexity index is 541. The van der Waals surface area contributed by atoms with E-state index in [0.29, 0.717) is 17.7 Å². The molecule has 0 aliphatic heterocycles. The summed E-state index contributed by atoms with van der Waals surface area (Å²) in [5, 5.41) is 20.0.